The fourth-order valence-corrected chi connectivity index (χ4v) is 3.83. The van der Waals surface area contributed by atoms with E-state index in [1.54, 1.807) is 30.3 Å². The van der Waals surface area contributed by atoms with Crippen molar-refractivity contribution in [1.82, 2.24) is 0 Å². The number of alkyl halides is 1. The second-order valence-corrected chi connectivity index (χ2v) is 6.19. The van der Waals surface area contributed by atoms with Gasteiger partial charge in [-0.2, -0.15) is 0 Å². The van der Waals surface area contributed by atoms with Crippen LogP contribution in [-0.2, 0) is 0 Å². The maximum Gasteiger partial charge on any atom is 0.127 e. The third-order valence-corrected chi connectivity index (χ3v) is 4.81. The average molecular weight is 300 g/mol. The number of hydrogen-bond donors (Lipinski definition) is 2. The summed E-state index contributed by atoms with van der Waals surface area (Å²) in [5, 5.41) is 19.2. The molecule has 4 rings (SSSR count). The molecule has 2 aromatic rings. The molecule has 0 bridgehead atoms. The van der Waals surface area contributed by atoms with E-state index in [1.165, 1.54) is 0 Å². The molecule has 4 atom stereocenters. The van der Waals surface area contributed by atoms with E-state index in [2.05, 4.69) is 0 Å². The van der Waals surface area contributed by atoms with Gasteiger partial charge in [0.25, 0.3) is 0 Å². The Hall–Kier alpha value is -2.23. The van der Waals surface area contributed by atoms with Gasteiger partial charge in [-0.15, -0.1) is 0 Å². The standard InChI is InChI=1S/C18H17FO3/c19-11-7-14-15-9-13(21)5-6-17(15)22-18(16(14)8-11)10-1-3-12(20)4-2-10/h1-6,9,11,14,16,18,20-21H,7-8H2/t11?,14-,16?,18?/m0/s1. The molecular weight excluding hydrogens is 283 g/mol. The quantitative estimate of drug-likeness (QED) is 0.835. The topological polar surface area (TPSA) is 49.7 Å². The Balaban J connectivity index is 1.78. The van der Waals surface area contributed by atoms with Gasteiger partial charge < -0.3 is 14.9 Å². The molecule has 0 radical (unpaired) electrons. The van der Waals surface area contributed by atoms with Gasteiger partial charge in [0.2, 0.25) is 0 Å². The lowest BCUT2D eigenvalue weighted by atomic mass is 9.80. The molecule has 0 aromatic heterocycles. The first kappa shape index (κ1) is 13.4. The lowest BCUT2D eigenvalue weighted by Gasteiger charge is -2.36. The van der Waals surface area contributed by atoms with Crippen molar-refractivity contribution < 1.29 is 19.3 Å². The number of aromatic hydroxyl groups is 2. The van der Waals surface area contributed by atoms with Gasteiger partial charge in [0.05, 0.1) is 0 Å². The van der Waals surface area contributed by atoms with Crippen LogP contribution in [0, 0.1) is 5.92 Å². The van der Waals surface area contributed by atoms with Crippen LogP contribution in [-0.4, -0.2) is 16.4 Å². The Bertz CT molecular complexity index is 698. The monoisotopic (exact) mass is 300 g/mol. The highest BCUT2D eigenvalue weighted by Crippen LogP contribution is 2.55. The first-order valence-corrected chi connectivity index (χ1v) is 7.54. The van der Waals surface area contributed by atoms with Crippen LogP contribution in [0.25, 0.3) is 0 Å². The van der Waals surface area contributed by atoms with E-state index >= 15 is 0 Å². The van der Waals surface area contributed by atoms with Crippen molar-refractivity contribution in [1.29, 1.82) is 0 Å². The number of phenols is 2. The van der Waals surface area contributed by atoms with E-state index < -0.39 is 6.17 Å². The van der Waals surface area contributed by atoms with Crippen LogP contribution < -0.4 is 4.74 Å². The predicted octanol–water partition coefficient (Wildman–Crippen LogP) is 4.06. The summed E-state index contributed by atoms with van der Waals surface area (Å²) in [5.41, 5.74) is 1.85. The van der Waals surface area contributed by atoms with Gasteiger partial charge in [0, 0.05) is 11.5 Å². The normalized spacial score (nSPS) is 29.5. The number of benzene rings is 2. The molecule has 4 heteroatoms. The molecule has 1 saturated carbocycles. The van der Waals surface area contributed by atoms with Gasteiger partial charge in [-0.1, -0.05) is 12.1 Å². The zero-order valence-electron chi connectivity index (χ0n) is 11.9. The van der Waals surface area contributed by atoms with Gasteiger partial charge in [-0.3, -0.25) is 0 Å². The molecule has 22 heavy (non-hydrogen) atoms. The van der Waals surface area contributed by atoms with Crippen molar-refractivity contribution in [3.8, 4) is 17.2 Å². The van der Waals surface area contributed by atoms with Crippen molar-refractivity contribution in [2.75, 3.05) is 0 Å². The smallest absolute Gasteiger partial charge is 0.127 e. The Morgan fingerprint density at radius 3 is 2.45 bits per heavy atom. The van der Waals surface area contributed by atoms with Crippen molar-refractivity contribution >= 4 is 0 Å². The van der Waals surface area contributed by atoms with Crippen LogP contribution in [0.1, 0.15) is 36.0 Å². The molecule has 2 aliphatic rings. The van der Waals surface area contributed by atoms with Gasteiger partial charge in [0.15, 0.2) is 0 Å². The molecule has 2 aromatic carbocycles. The number of fused-ring (bicyclic) bond motifs is 3. The molecule has 3 unspecified atom stereocenters. The molecule has 3 nitrogen and oxygen atoms in total. The minimum atomic E-state index is -0.841. The van der Waals surface area contributed by atoms with E-state index in [1.807, 2.05) is 12.1 Å². The van der Waals surface area contributed by atoms with Crippen LogP contribution in [0.2, 0.25) is 0 Å². The molecule has 1 heterocycles. The largest absolute Gasteiger partial charge is 0.508 e. The number of hydrogen-bond acceptors (Lipinski definition) is 3. The van der Waals surface area contributed by atoms with Crippen molar-refractivity contribution in [2.45, 2.75) is 31.0 Å². The van der Waals surface area contributed by atoms with Crippen molar-refractivity contribution in [3.63, 3.8) is 0 Å². The molecule has 1 aliphatic heterocycles. The average Bonchev–Trinajstić information content (AvgIpc) is 2.89. The first-order valence-electron chi connectivity index (χ1n) is 7.54. The Morgan fingerprint density at radius 2 is 1.68 bits per heavy atom. The van der Waals surface area contributed by atoms with Crippen LogP contribution >= 0.6 is 0 Å². The Kier molecular flexibility index (Phi) is 2.99. The van der Waals surface area contributed by atoms with Crippen molar-refractivity contribution in [3.05, 3.63) is 53.6 Å². The third-order valence-electron chi connectivity index (χ3n) is 4.81. The van der Waals surface area contributed by atoms with Gasteiger partial charge in [-0.25, -0.2) is 4.39 Å². The van der Waals surface area contributed by atoms with Gasteiger partial charge in [0.1, 0.15) is 29.5 Å². The summed E-state index contributed by atoms with van der Waals surface area (Å²) in [7, 11) is 0. The SMILES string of the molecule is Oc1ccc(C2Oc3ccc(O)cc3[C@@H]3CC(F)CC23)cc1. The molecule has 0 saturated heterocycles. The second kappa shape index (κ2) is 4.90. The summed E-state index contributed by atoms with van der Waals surface area (Å²) < 4.78 is 20.1. The molecule has 0 spiro atoms. The van der Waals surface area contributed by atoms with Crippen LogP contribution in [0.5, 0.6) is 17.2 Å². The zero-order valence-corrected chi connectivity index (χ0v) is 11.9. The lowest BCUT2D eigenvalue weighted by Crippen LogP contribution is -2.26. The minimum absolute atomic E-state index is 0.0499. The molecule has 114 valence electrons. The van der Waals surface area contributed by atoms with E-state index in [-0.39, 0.29) is 29.4 Å². The Labute approximate surface area is 128 Å². The van der Waals surface area contributed by atoms with Gasteiger partial charge >= 0.3 is 0 Å². The summed E-state index contributed by atoms with van der Waals surface area (Å²) >= 11 is 0. The summed E-state index contributed by atoms with van der Waals surface area (Å²) in [4.78, 5) is 0. The first-order chi connectivity index (χ1) is 10.6. The summed E-state index contributed by atoms with van der Waals surface area (Å²) in [6.45, 7) is 0. The second-order valence-electron chi connectivity index (χ2n) is 6.19. The molecule has 1 fully saturated rings. The fraction of sp³-hybridized carbons (Fsp3) is 0.333. The highest BCUT2D eigenvalue weighted by atomic mass is 19.1. The van der Waals surface area contributed by atoms with Crippen LogP contribution in [0.3, 0.4) is 0 Å². The molecule has 1 aliphatic carbocycles. The zero-order chi connectivity index (χ0) is 15.3. The van der Waals surface area contributed by atoms with E-state index in [0.29, 0.717) is 18.6 Å². The van der Waals surface area contributed by atoms with Gasteiger partial charge in [-0.05, 0) is 54.7 Å². The van der Waals surface area contributed by atoms with Crippen LogP contribution in [0.15, 0.2) is 42.5 Å². The summed E-state index contributed by atoms with van der Waals surface area (Å²) in [5.74, 6) is 1.22. The number of rotatable bonds is 1. The lowest BCUT2D eigenvalue weighted by molar-refractivity contribution is 0.102. The summed E-state index contributed by atoms with van der Waals surface area (Å²) in [6, 6.07) is 11.9. The molecule has 2 N–H and O–H groups in total. The van der Waals surface area contributed by atoms with Crippen LogP contribution in [0.4, 0.5) is 4.39 Å². The maximum atomic E-state index is 14.0. The predicted molar refractivity (Wildman–Crippen MR) is 79.9 cm³/mol. The van der Waals surface area contributed by atoms with Crippen molar-refractivity contribution in [2.24, 2.45) is 5.92 Å². The number of phenolic OH excluding ortho intramolecular Hbond substituents is 2. The van der Waals surface area contributed by atoms with E-state index in [4.69, 9.17) is 4.74 Å². The fourth-order valence-electron chi connectivity index (χ4n) is 3.83. The van der Waals surface area contributed by atoms with E-state index in [9.17, 15) is 14.6 Å². The molecular formula is C18H17FO3. The highest BCUT2D eigenvalue weighted by Gasteiger charge is 2.45. The number of halogens is 1. The van der Waals surface area contributed by atoms with E-state index in [0.717, 1.165) is 11.1 Å². The highest BCUT2D eigenvalue weighted by molar-refractivity contribution is 5.46. The third kappa shape index (κ3) is 2.10. The minimum Gasteiger partial charge on any atom is -0.508 e. The molecule has 0 amide bonds. The maximum absolute atomic E-state index is 14.0. The summed E-state index contributed by atoms with van der Waals surface area (Å²) in [6.07, 6.45) is -0.125. The Morgan fingerprint density at radius 1 is 0.955 bits per heavy atom. The number of ether oxygens (including phenoxy) is 1.